The third-order valence-corrected chi connectivity index (χ3v) is 1.63. The van der Waals surface area contributed by atoms with Crippen molar-refractivity contribution in [3.63, 3.8) is 0 Å². The zero-order chi connectivity index (χ0) is 12.0. The van der Waals surface area contributed by atoms with E-state index in [0.29, 0.717) is 0 Å². The van der Waals surface area contributed by atoms with Crippen molar-refractivity contribution in [2.24, 2.45) is 5.73 Å². The summed E-state index contributed by atoms with van der Waals surface area (Å²) < 4.78 is 4.29. The van der Waals surface area contributed by atoms with E-state index in [2.05, 4.69) is 10.1 Å². The van der Waals surface area contributed by atoms with Crippen molar-refractivity contribution in [2.75, 3.05) is 7.11 Å². The van der Waals surface area contributed by atoms with Crippen molar-refractivity contribution in [2.45, 2.75) is 25.4 Å². The molecule has 7 nitrogen and oxygen atoms in total. The average molecular weight is 218 g/mol. The molecule has 0 saturated carbocycles. The van der Waals surface area contributed by atoms with Crippen LogP contribution in [-0.4, -0.2) is 42.1 Å². The minimum atomic E-state index is -1.31. The van der Waals surface area contributed by atoms with E-state index >= 15 is 0 Å². The second kappa shape index (κ2) is 5.97. The van der Waals surface area contributed by atoms with Crippen LogP contribution in [0.2, 0.25) is 0 Å². The Labute approximate surface area is 86.6 Å². The van der Waals surface area contributed by atoms with Crippen molar-refractivity contribution >= 4 is 17.8 Å². The first kappa shape index (κ1) is 13.4. The minimum absolute atomic E-state index is 0.426. The van der Waals surface area contributed by atoms with Crippen LogP contribution in [0.25, 0.3) is 0 Å². The highest BCUT2D eigenvalue weighted by Gasteiger charge is 2.24. The zero-order valence-electron chi connectivity index (χ0n) is 8.52. The van der Waals surface area contributed by atoms with Crippen LogP contribution in [0, 0.1) is 0 Å². The van der Waals surface area contributed by atoms with Gasteiger partial charge in [-0.05, 0) is 6.92 Å². The number of carboxylic acids is 1. The molecule has 0 aliphatic heterocycles. The summed E-state index contributed by atoms with van der Waals surface area (Å²) in [7, 11) is 1.13. The highest BCUT2D eigenvalue weighted by Crippen LogP contribution is 1.95. The SMILES string of the molecule is COC(=O)CC(NC(=O)[C@H](C)N)C(=O)O. The molecule has 7 heteroatoms. The van der Waals surface area contributed by atoms with E-state index in [1.54, 1.807) is 0 Å². The number of rotatable bonds is 5. The molecule has 0 saturated heterocycles. The highest BCUT2D eigenvalue weighted by atomic mass is 16.5. The van der Waals surface area contributed by atoms with Gasteiger partial charge in [0.25, 0.3) is 0 Å². The van der Waals surface area contributed by atoms with Gasteiger partial charge in [0.2, 0.25) is 5.91 Å². The number of hydrogen-bond acceptors (Lipinski definition) is 5. The van der Waals surface area contributed by atoms with Gasteiger partial charge in [0.05, 0.1) is 19.6 Å². The first-order valence-electron chi connectivity index (χ1n) is 4.24. The first-order valence-corrected chi connectivity index (χ1v) is 4.24. The largest absolute Gasteiger partial charge is 0.480 e. The number of nitrogens with two attached hydrogens (primary N) is 1. The molecule has 15 heavy (non-hydrogen) atoms. The standard InChI is InChI=1S/C8H14N2O5/c1-4(9)7(12)10-5(8(13)14)3-6(11)15-2/h4-5H,3,9H2,1-2H3,(H,10,12)(H,13,14)/t4-,5?/m0/s1. The number of nitrogens with one attached hydrogen (secondary N) is 1. The van der Waals surface area contributed by atoms with Crippen molar-refractivity contribution in [1.82, 2.24) is 5.32 Å². The maximum Gasteiger partial charge on any atom is 0.326 e. The zero-order valence-corrected chi connectivity index (χ0v) is 8.52. The lowest BCUT2D eigenvalue weighted by atomic mass is 10.2. The molecule has 0 heterocycles. The number of amides is 1. The number of esters is 1. The predicted molar refractivity (Wildman–Crippen MR) is 49.8 cm³/mol. The van der Waals surface area contributed by atoms with Crippen molar-refractivity contribution in [1.29, 1.82) is 0 Å². The lowest BCUT2D eigenvalue weighted by Gasteiger charge is -2.14. The fourth-order valence-corrected chi connectivity index (χ4v) is 0.753. The third-order valence-electron chi connectivity index (χ3n) is 1.63. The van der Waals surface area contributed by atoms with E-state index in [-0.39, 0.29) is 0 Å². The van der Waals surface area contributed by atoms with Crippen LogP contribution in [0.4, 0.5) is 0 Å². The normalized spacial score (nSPS) is 13.8. The number of methoxy groups -OCH3 is 1. The van der Waals surface area contributed by atoms with Crippen LogP contribution in [0.3, 0.4) is 0 Å². The summed E-state index contributed by atoms with van der Waals surface area (Å²) >= 11 is 0. The van der Waals surface area contributed by atoms with Crippen molar-refractivity contribution in [3.8, 4) is 0 Å². The predicted octanol–water partition coefficient (Wildman–Crippen LogP) is -1.53. The topological polar surface area (TPSA) is 119 Å². The summed E-state index contributed by atoms with van der Waals surface area (Å²) in [5.41, 5.74) is 5.23. The van der Waals surface area contributed by atoms with Gasteiger partial charge in [-0.1, -0.05) is 0 Å². The lowest BCUT2D eigenvalue weighted by molar-refractivity contribution is -0.148. The molecule has 0 spiro atoms. The summed E-state index contributed by atoms with van der Waals surface area (Å²) in [4.78, 5) is 32.5. The van der Waals surface area contributed by atoms with Gasteiger partial charge >= 0.3 is 11.9 Å². The molecular formula is C8H14N2O5. The smallest absolute Gasteiger partial charge is 0.326 e. The van der Waals surface area contributed by atoms with Gasteiger partial charge in [0.1, 0.15) is 6.04 Å². The maximum atomic E-state index is 11.1. The Morgan fingerprint density at radius 1 is 1.47 bits per heavy atom. The molecule has 0 aromatic heterocycles. The number of carbonyl (C=O) groups excluding carboxylic acids is 2. The van der Waals surface area contributed by atoms with Crippen LogP contribution >= 0.6 is 0 Å². The van der Waals surface area contributed by atoms with Gasteiger partial charge in [-0.15, -0.1) is 0 Å². The number of hydrogen-bond donors (Lipinski definition) is 3. The van der Waals surface area contributed by atoms with E-state index < -0.39 is 36.4 Å². The third kappa shape index (κ3) is 4.96. The fraction of sp³-hybridized carbons (Fsp3) is 0.625. The molecule has 86 valence electrons. The molecular weight excluding hydrogens is 204 g/mol. The molecule has 1 amide bonds. The van der Waals surface area contributed by atoms with Crippen LogP contribution in [0.15, 0.2) is 0 Å². The van der Waals surface area contributed by atoms with Crippen LogP contribution in [-0.2, 0) is 19.1 Å². The van der Waals surface area contributed by atoms with Gasteiger partial charge in [-0.25, -0.2) is 4.79 Å². The number of carboxylic acid groups (broad SMARTS) is 1. The van der Waals surface area contributed by atoms with Gasteiger partial charge in [-0.2, -0.15) is 0 Å². The Bertz CT molecular complexity index is 264. The summed E-state index contributed by atoms with van der Waals surface area (Å²) in [6, 6.07) is -2.14. The Morgan fingerprint density at radius 3 is 2.33 bits per heavy atom. The summed E-state index contributed by atoms with van der Waals surface area (Å²) in [5, 5.41) is 10.8. The number of aliphatic carboxylic acids is 1. The van der Waals surface area contributed by atoms with E-state index in [9.17, 15) is 14.4 Å². The molecule has 0 aliphatic rings. The first-order chi connectivity index (χ1) is 6.88. The molecule has 2 atom stereocenters. The van der Waals surface area contributed by atoms with Crippen LogP contribution < -0.4 is 11.1 Å². The quantitative estimate of drug-likeness (QED) is 0.481. The van der Waals surface area contributed by atoms with Crippen molar-refractivity contribution < 1.29 is 24.2 Å². The van der Waals surface area contributed by atoms with E-state index in [0.717, 1.165) is 7.11 Å². The second-order valence-electron chi connectivity index (χ2n) is 2.97. The van der Waals surface area contributed by atoms with Crippen LogP contribution in [0.1, 0.15) is 13.3 Å². The van der Waals surface area contributed by atoms with Gasteiger partial charge in [-0.3, -0.25) is 9.59 Å². The van der Waals surface area contributed by atoms with E-state index in [4.69, 9.17) is 10.8 Å². The highest BCUT2D eigenvalue weighted by molar-refractivity contribution is 5.89. The monoisotopic (exact) mass is 218 g/mol. The molecule has 0 radical (unpaired) electrons. The summed E-state index contributed by atoms with van der Waals surface area (Å²) in [6.07, 6.45) is -0.426. The Morgan fingerprint density at radius 2 is 2.00 bits per heavy atom. The molecule has 0 fully saturated rings. The summed E-state index contributed by atoms with van der Waals surface area (Å²) in [5.74, 6) is -2.66. The Hall–Kier alpha value is -1.63. The molecule has 0 rings (SSSR count). The Balaban J connectivity index is 4.35. The molecule has 4 N–H and O–H groups in total. The second-order valence-corrected chi connectivity index (χ2v) is 2.97. The molecule has 0 aliphatic carbocycles. The van der Waals surface area contributed by atoms with E-state index in [1.807, 2.05) is 0 Å². The van der Waals surface area contributed by atoms with Gasteiger partial charge in [0, 0.05) is 0 Å². The molecule has 0 aromatic carbocycles. The average Bonchev–Trinajstić information content (AvgIpc) is 2.15. The molecule has 1 unspecified atom stereocenters. The number of carbonyl (C=O) groups is 3. The van der Waals surface area contributed by atoms with Crippen molar-refractivity contribution in [3.05, 3.63) is 0 Å². The van der Waals surface area contributed by atoms with Crippen LogP contribution in [0.5, 0.6) is 0 Å². The maximum absolute atomic E-state index is 11.1. The minimum Gasteiger partial charge on any atom is -0.480 e. The van der Waals surface area contributed by atoms with Gasteiger partial charge < -0.3 is 20.9 Å². The molecule has 0 aromatic rings. The summed E-state index contributed by atoms with van der Waals surface area (Å²) in [6.45, 7) is 1.41. The fourth-order valence-electron chi connectivity index (χ4n) is 0.753. The van der Waals surface area contributed by atoms with E-state index in [1.165, 1.54) is 6.92 Å². The Kier molecular flexibility index (Phi) is 5.32. The lowest BCUT2D eigenvalue weighted by Crippen LogP contribution is -2.48. The number of ether oxygens (including phenoxy) is 1. The van der Waals surface area contributed by atoms with Gasteiger partial charge in [0.15, 0.2) is 0 Å². The molecule has 0 bridgehead atoms.